The fourth-order valence-corrected chi connectivity index (χ4v) is 1.17. The quantitative estimate of drug-likeness (QED) is 0.614. The Hall–Kier alpha value is -2.50. The Labute approximate surface area is 104 Å². The molecule has 0 aliphatic heterocycles. The summed E-state index contributed by atoms with van der Waals surface area (Å²) in [7, 11) is 2.39. The van der Waals surface area contributed by atoms with Crippen molar-refractivity contribution in [3.63, 3.8) is 0 Å². The molecule has 1 aromatic rings. The van der Waals surface area contributed by atoms with E-state index in [2.05, 4.69) is 14.8 Å². The third kappa shape index (κ3) is 3.82. The van der Waals surface area contributed by atoms with Crippen molar-refractivity contribution < 1.29 is 24.2 Å². The van der Waals surface area contributed by atoms with Crippen LogP contribution in [0, 0.1) is 0 Å². The van der Waals surface area contributed by atoms with Gasteiger partial charge in [-0.25, -0.2) is 9.59 Å². The number of nitrogens with one attached hydrogen (secondary N) is 1. The molecule has 0 atom stereocenters. The lowest BCUT2D eigenvalue weighted by Gasteiger charge is -2.09. The average Bonchev–Trinajstić information content (AvgIpc) is 2.36. The van der Waals surface area contributed by atoms with Gasteiger partial charge in [-0.05, 0) is 12.1 Å². The van der Waals surface area contributed by atoms with Crippen LogP contribution in [0.3, 0.4) is 0 Å². The topological polar surface area (TPSA) is 84.9 Å². The lowest BCUT2D eigenvalue weighted by Crippen LogP contribution is -2.15. The second kappa shape index (κ2) is 6.29. The van der Waals surface area contributed by atoms with E-state index < -0.39 is 11.9 Å². The zero-order valence-electron chi connectivity index (χ0n) is 9.97. The highest BCUT2D eigenvalue weighted by molar-refractivity contribution is 5.98. The Bertz CT molecular complexity index is 481. The molecule has 1 rings (SSSR count). The van der Waals surface area contributed by atoms with Crippen LogP contribution in [0.1, 0.15) is 0 Å². The van der Waals surface area contributed by atoms with Gasteiger partial charge in [0.15, 0.2) is 0 Å². The van der Waals surface area contributed by atoms with Crippen LogP contribution in [-0.2, 0) is 19.1 Å². The third-order valence-electron chi connectivity index (χ3n) is 1.99. The van der Waals surface area contributed by atoms with E-state index in [-0.39, 0.29) is 11.4 Å². The first-order valence-electron chi connectivity index (χ1n) is 5.01. The van der Waals surface area contributed by atoms with Crippen LogP contribution in [0.5, 0.6) is 5.75 Å². The highest BCUT2D eigenvalue weighted by Crippen LogP contribution is 2.17. The minimum Gasteiger partial charge on any atom is -0.508 e. The number of methoxy groups -OCH3 is 2. The van der Waals surface area contributed by atoms with Gasteiger partial charge < -0.3 is 19.9 Å². The van der Waals surface area contributed by atoms with Gasteiger partial charge in [0.25, 0.3) is 0 Å². The van der Waals surface area contributed by atoms with Crippen LogP contribution in [0.4, 0.5) is 5.69 Å². The van der Waals surface area contributed by atoms with E-state index >= 15 is 0 Å². The average molecular weight is 251 g/mol. The normalized spacial score (nSPS) is 10.7. The smallest absolute Gasteiger partial charge is 0.354 e. The summed E-state index contributed by atoms with van der Waals surface area (Å²) < 4.78 is 8.94. The summed E-state index contributed by atoms with van der Waals surface area (Å²) in [6.45, 7) is 0. The molecule has 1 aromatic carbocycles. The number of anilines is 1. The molecule has 0 unspecified atom stereocenters. The van der Waals surface area contributed by atoms with E-state index in [1.165, 1.54) is 26.4 Å². The largest absolute Gasteiger partial charge is 0.508 e. The number of hydrogen-bond acceptors (Lipinski definition) is 6. The fraction of sp³-hybridized carbons (Fsp3) is 0.167. The molecule has 0 amide bonds. The second-order valence-electron chi connectivity index (χ2n) is 3.25. The molecule has 0 radical (unpaired) electrons. The Morgan fingerprint density at radius 3 is 2.56 bits per heavy atom. The van der Waals surface area contributed by atoms with E-state index in [9.17, 15) is 14.7 Å². The summed E-state index contributed by atoms with van der Waals surface area (Å²) in [6.07, 6.45) is 0.968. The van der Waals surface area contributed by atoms with Crippen LogP contribution >= 0.6 is 0 Å². The Morgan fingerprint density at radius 2 is 2.00 bits per heavy atom. The van der Waals surface area contributed by atoms with Crippen molar-refractivity contribution in [1.82, 2.24) is 0 Å². The van der Waals surface area contributed by atoms with Gasteiger partial charge in [-0.2, -0.15) is 0 Å². The molecular formula is C12H13NO5. The fourth-order valence-electron chi connectivity index (χ4n) is 1.17. The number of benzene rings is 1. The van der Waals surface area contributed by atoms with Crippen LogP contribution in [0.25, 0.3) is 0 Å². The number of ether oxygens (including phenoxy) is 2. The van der Waals surface area contributed by atoms with E-state index in [1.54, 1.807) is 12.1 Å². The first-order valence-corrected chi connectivity index (χ1v) is 5.01. The van der Waals surface area contributed by atoms with Crippen LogP contribution in [-0.4, -0.2) is 31.3 Å². The predicted octanol–water partition coefficient (Wildman–Crippen LogP) is 1.03. The first kappa shape index (κ1) is 13.6. The molecule has 0 aliphatic carbocycles. The molecule has 6 nitrogen and oxygen atoms in total. The van der Waals surface area contributed by atoms with E-state index in [0.717, 1.165) is 6.08 Å². The molecule has 2 N–H and O–H groups in total. The molecule has 18 heavy (non-hydrogen) atoms. The zero-order valence-corrected chi connectivity index (χ0v) is 9.97. The van der Waals surface area contributed by atoms with E-state index in [0.29, 0.717) is 5.69 Å². The SMILES string of the molecule is COC(=O)/C=C(/Nc1cccc(O)c1)C(=O)OC. The summed E-state index contributed by atoms with van der Waals surface area (Å²) in [5, 5.41) is 11.9. The Morgan fingerprint density at radius 1 is 1.28 bits per heavy atom. The van der Waals surface area contributed by atoms with Gasteiger partial charge in [0.2, 0.25) is 0 Å². The van der Waals surface area contributed by atoms with Crippen molar-refractivity contribution in [1.29, 1.82) is 0 Å². The van der Waals surface area contributed by atoms with Crippen molar-refractivity contribution in [2.75, 3.05) is 19.5 Å². The minimum absolute atomic E-state index is 0.0299. The van der Waals surface area contributed by atoms with Gasteiger partial charge in [0.1, 0.15) is 11.4 Å². The van der Waals surface area contributed by atoms with Crippen molar-refractivity contribution >= 4 is 17.6 Å². The number of esters is 2. The van der Waals surface area contributed by atoms with Crippen LogP contribution < -0.4 is 5.32 Å². The lowest BCUT2D eigenvalue weighted by atomic mass is 10.3. The molecule has 0 saturated carbocycles. The molecule has 6 heteroatoms. The molecule has 96 valence electrons. The molecule has 0 aromatic heterocycles. The molecule has 0 spiro atoms. The molecule has 0 saturated heterocycles. The van der Waals surface area contributed by atoms with E-state index in [1.807, 2.05) is 0 Å². The molecular weight excluding hydrogens is 238 g/mol. The predicted molar refractivity (Wildman–Crippen MR) is 63.8 cm³/mol. The van der Waals surface area contributed by atoms with Crippen molar-refractivity contribution in [3.05, 3.63) is 36.0 Å². The van der Waals surface area contributed by atoms with Crippen LogP contribution in [0.15, 0.2) is 36.0 Å². The number of carbonyl (C=O) groups excluding carboxylic acids is 2. The maximum Gasteiger partial charge on any atom is 0.354 e. The lowest BCUT2D eigenvalue weighted by molar-refractivity contribution is -0.138. The standard InChI is InChI=1S/C12H13NO5/c1-17-11(15)7-10(12(16)18-2)13-8-4-3-5-9(14)6-8/h3-7,13-14H,1-2H3/b10-7+. The van der Waals surface area contributed by atoms with Gasteiger partial charge in [-0.3, -0.25) is 0 Å². The van der Waals surface area contributed by atoms with Crippen molar-refractivity contribution in [2.24, 2.45) is 0 Å². The van der Waals surface area contributed by atoms with Gasteiger partial charge in [-0.1, -0.05) is 6.07 Å². The number of phenolic OH excluding ortho intramolecular Hbond substituents is 1. The summed E-state index contributed by atoms with van der Waals surface area (Å²) in [4.78, 5) is 22.5. The summed E-state index contributed by atoms with van der Waals surface area (Å²) in [5.41, 5.74) is 0.352. The maximum atomic E-state index is 11.4. The highest BCUT2D eigenvalue weighted by Gasteiger charge is 2.12. The Balaban J connectivity index is 2.95. The van der Waals surface area contributed by atoms with Gasteiger partial charge in [-0.15, -0.1) is 0 Å². The number of carbonyl (C=O) groups is 2. The Kier molecular flexibility index (Phi) is 4.74. The third-order valence-corrected chi connectivity index (χ3v) is 1.99. The molecule has 0 bridgehead atoms. The molecule has 0 fully saturated rings. The molecule has 0 aliphatic rings. The minimum atomic E-state index is -0.719. The highest BCUT2D eigenvalue weighted by atomic mass is 16.5. The number of hydrogen-bond donors (Lipinski definition) is 2. The summed E-state index contributed by atoms with van der Waals surface area (Å²) in [5.74, 6) is -1.38. The second-order valence-corrected chi connectivity index (χ2v) is 3.25. The monoisotopic (exact) mass is 251 g/mol. The van der Waals surface area contributed by atoms with Gasteiger partial charge >= 0.3 is 11.9 Å². The van der Waals surface area contributed by atoms with Crippen molar-refractivity contribution in [3.8, 4) is 5.75 Å². The number of rotatable bonds is 4. The summed E-state index contributed by atoms with van der Waals surface area (Å²) >= 11 is 0. The maximum absolute atomic E-state index is 11.4. The van der Waals surface area contributed by atoms with Gasteiger partial charge in [0, 0.05) is 11.8 Å². The first-order chi connectivity index (χ1) is 8.56. The van der Waals surface area contributed by atoms with Crippen molar-refractivity contribution in [2.45, 2.75) is 0 Å². The zero-order chi connectivity index (χ0) is 13.5. The number of phenols is 1. The van der Waals surface area contributed by atoms with E-state index in [4.69, 9.17) is 0 Å². The van der Waals surface area contributed by atoms with Crippen LogP contribution in [0.2, 0.25) is 0 Å². The summed E-state index contributed by atoms with van der Waals surface area (Å²) in [6, 6.07) is 6.08. The van der Waals surface area contributed by atoms with Gasteiger partial charge in [0.05, 0.1) is 20.3 Å². The number of aromatic hydroxyl groups is 1. The molecule has 0 heterocycles.